The molecule has 0 nitrogen and oxygen atoms in total. The van der Waals surface area contributed by atoms with Crippen molar-refractivity contribution in [3.8, 4) is 0 Å². The molecule has 1 radical (unpaired) electrons. The second-order valence-electron chi connectivity index (χ2n) is 13.2. The Morgan fingerprint density at radius 1 is 0.194 bits per heavy atom. The molecule has 0 aromatic heterocycles. The summed E-state index contributed by atoms with van der Waals surface area (Å²) in [5, 5.41) is 12.6. The largest absolute Gasteiger partial charge is 0.0622 e. The smallest absolute Gasteiger partial charge is 0 e. The van der Waals surface area contributed by atoms with Crippen LogP contribution in [0.15, 0.2) is 273 Å². The van der Waals surface area contributed by atoms with E-state index in [9.17, 15) is 0 Å². The molecule has 0 amide bonds. The molecule has 0 saturated carbocycles. The van der Waals surface area contributed by atoms with E-state index in [1.54, 1.807) is 0 Å². The van der Waals surface area contributed by atoms with E-state index in [1.165, 1.54) is 47.7 Å². The average Bonchev–Trinajstić information content (AvgIpc) is 3.33. The van der Waals surface area contributed by atoms with Crippen molar-refractivity contribution in [2.24, 2.45) is 0 Å². The molecule has 0 bridgehead atoms. The summed E-state index contributed by atoms with van der Waals surface area (Å²) >= 11 is -1.75. The zero-order valence-electron chi connectivity index (χ0n) is 33.6. The molecular formula is C54H45Cl3P3RhRu. The van der Waals surface area contributed by atoms with Crippen LogP contribution in [0.4, 0.5) is 0 Å². The van der Waals surface area contributed by atoms with Crippen molar-refractivity contribution in [3.63, 3.8) is 0 Å². The molecule has 0 spiro atoms. The Balaban J connectivity index is 0.000000167. The Morgan fingerprint density at radius 2 is 0.274 bits per heavy atom. The molecule has 0 atom stereocenters. The fraction of sp³-hybridized carbons (Fsp3) is 0. The number of rotatable bonds is 9. The maximum absolute atomic E-state index is 4.95. The molecule has 314 valence electrons. The maximum atomic E-state index is 4.95. The van der Waals surface area contributed by atoms with Gasteiger partial charge >= 0.3 is 42.1 Å². The van der Waals surface area contributed by atoms with E-state index in [-0.39, 0.29) is 19.5 Å². The quantitative estimate of drug-likeness (QED) is 0.0998. The first kappa shape index (κ1) is 49.4. The first-order valence-corrected chi connectivity index (χ1v) is 30.3. The van der Waals surface area contributed by atoms with Gasteiger partial charge in [-0.15, -0.1) is 0 Å². The summed E-state index contributed by atoms with van der Waals surface area (Å²) in [4.78, 5) is 0. The molecule has 0 heterocycles. The van der Waals surface area contributed by atoms with E-state index >= 15 is 0 Å². The third-order valence-corrected chi connectivity index (χ3v) is 16.5. The van der Waals surface area contributed by atoms with Crippen molar-refractivity contribution in [2.45, 2.75) is 0 Å². The molecule has 0 saturated heterocycles. The fourth-order valence-corrected chi connectivity index (χ4v) is 13.5. The monoisotopic (exact) mass is 1100 g/mol. The van der Waals surface area contributed by atoms with E-state index in [4.69, 9.17) is 29.1 Å². The van der Waals surface area contributed by atoms with Gasteiger partial charge in [0, 0.05) is 19.5 Å². The summed E-state index contributed by atoms with van der Waals surface area (Å²) in [6, 6.07) is 97.0. The average molecular weight is 1100 g/mol. The van der Waals surface area contributed by atoms with Crippen molar-refractivity contribution in [2.75, 3.05) is 0 Å². The van der Waals surface area contributed by atoms with Crippen LogP contribution in [-0.2, 0) is 32.5 Å². The van der Waals surface area contributed by atoms with Crippen molar-refractivity contribution >= 4 is 101 Å². The zero-order chi connectivity index (χ0) is 42.3. The van der Waals surface area contributed by atoms with Crippen LogP contribution < -0.4 is 47.7 Å². The van der Waals surface area contributed by atoms with Crippen molar-refractivity contribution in [1.29, 1.82) is 0 Å². The summed E-state index contributed by atoms with van der Waals surface area (Å²) < 4.78 is 0. The predicted octanol–water partition coefficient (Wildman–Crippen LogP) is 12.4. The molecule has 9 aromatic rings. The standard InChI is InChI=1S/3C18H15P.3ClH.Rh.Ru/c3*1-4-10-16(11-5-1)19(17-12-6-2-7-13-17)18-14-8-3-9-15-18;;;;;/h3*1-15H;3*1H;;/q;;;;;;;+3/p-3. The minimum atomic E-state index is -1.75. The first-order chi connectivity index (χ1) is 30.1. The second-order valence-corrected chi connectivity index (χ2v) is 27.8. The first-order valence-electron chi connectivity index (χ1n) is 19.6. The number of hydrogen-bond donors (Lipinski definition) is 0. The van der Waals surface area contributed by atoms with Gasteiger partial charge in [0.15, 0.2) is 0 Å². The van der Waals surface area contributed by atoms with Gasteiger partial charge in [0.2, 0.25) is 0 Å². The van der Waals surface area contributed by atoms with Crippen LogP contribution in [0, 0.1) is 0 Å². The van der Waals surface area contributed by atoms with Gasteiger partial charge in [-0.05, 0) is 71.5 Å². The third-order valence-electron chi connectivity index (χ3n) is 9.13. The van der Waals surface area contributed by atoms with Gasteiger partial charge in [0.25, 0.3) is 0 Å². The Hall–Kier alpha value is -3.61. The van der Waals surface area contributed by atoms with Crippen LogP contribution in [0.25, 0.3) is 0 Å². The molecule has 0 N–H and O–H groups in total. The summed E-state index contributed by atoms with van der Waals surface area (Å²) in [5.41, 5.74) is 0. The predicted molar refractivity (Wildman–Crippen MR) is 273 cm³/mol. The van der Waals surface area contributed by atoms with Crippen LogP contribution in [0.2, 0.25) is 0 Å². The van der Waals surface area contributed by atoms with E-state index in [1.807, 2.05) is 0 Å². The van der Waals surface area contributed by atoms with Gasteiger partial charge in [-0.3, -0.25) is 0 Å². The molecular weight excluding hydrogens is 1050 g/mol. The number of hydrogen-bond acceptors (Lipinski definition) is 0. The van der Waals surface area contributed by atoms with E-state index < -0.39 is 36.7 Å². The fourth-order valence-electron chi connectivity index (χ4n) is 6.54. The summed E-state index contributed by atoms with van der Waals surface area (Å²) in [6.07, 6.45) is 0. The normalized spacial score (nSPS) is 10.5. The number of benzene rings is 9. The maximum Gasteiger partial charge on any atom is 0 e. The van der Waals surface area contributed by atoms with Crippen LogP contribution in [-0.4, -0.2) is 0 Å². The minimum Gasteiger partial charge on any atom is -0.0622 e. The van der Waals surface area contributed by atoms with Crippen LogP contribution in [0.5, 0.6) is 0 Å². The van der Waals surface area contributed by atoms with E-state index in [2.05, 4.69) is 273 Å². The molecule has 0 fully saturated rings. The molecule has 0 unspecified atom stereocenters. The van der Waals surface area contributed by atoms with Crippen LogP contribution in [0.1, 0.15) is 0 Å². The Bertz CT molecular complexity index is 1930. The Morgan fingerprint density at radius 3 is 0.355 bits per heavy atom. The van der Waals surface area contributed by atoms with Gasteiger partial charge in [0.05, 0.1) is 0 Å². The van der Waals surface area contributed by atoms with Gasteiger partial charge in [-0.1, -0.05) is 273 Å². The van der Waals surface area contributed by atoms with Gasteiger partial charge in [-0.25, -0.2) is 0 Å². The number of halogens is 3. The third kappa shape index (κ3) is 15.9. The SMILES string of the molecule is [Cl][Ru]([Cl])[Cl].[Rh].c1ccc(P(c2ccccc2)c2ccccc2)cc1.c1ccc(P(c2ccccc2)c2ccccc2)cc1.c1ccc(P(c2ccccc2)c2ccccc2)cc1. The van der Waals surface area contributed by atoms with Crippen LogP contribution in [0.3, 0.4) is 0 Å². The molecule has 0 aliphatic carbocycles. The molecule has 8 heteroatoms. The van der Waals surface area contributed by atoms with Crippen LogP contribution >= 0.6 is 52.8 Å². The van der Waals surface area contributed by atoms with Gasteiger partial charge in [-0.2, -0.15) is 0 Å². The molecule has 0 aliphatic heterocycles. The van der Waals surface area contributed by atoms with E-state index in [0.29, 0.717) is 0 Å². The Labute approximate surface area is 402 Å². The summed E-state index contributed by atoms with van der Waals surface area (Å²) in [5.74, 6) is 0. The van der Waals surface area contributed by atoms with Crippen molar-refractivity contribution in [3.05, 3.63) is 273 Å². The van der Waals surface area contributed by atoms with Crippen molar-refractivity contribution < 1.29 is 32.5 Å². The molecule has 9 rings (SSSR count). The van der Waals surface area contributed by atoms with E-state index in [0.717, 1.165) is 0 Å². The molecule has 62 heavy (non-hydrogen) atoms. The van der Waals surface area contributed by atoms with Gasteiger partial charge < -0.3 is 0 Å². The zero-order valence-corrected chi connectivity index (χ0v) is 42.0. The van der Waals surface area contributed by atoms with Gasteiger partial charge in [0.1, 0.15) is 0 Å². The second kappa shape index (κ2) is 28.2. The minimum absolute atomic E-state index is 0. The molecule has 9 aromatic carbocycles. The summed E-state index contributed by atoms with van der Waals surface area (Å²) in [7, 11) is 13.5. The molecule has 0 aliphatic rings. The topological polar surface area (TPSA) is 0 Å². The Kier molecular flexibility index (Phi) is 22.5. The summed E-state index contributed by atoms with van der Waals surface area (Å²) in [6.45, 7) is 0. The van der Waals surface area contributed by atoms with Crippen molar-refractivity contribution in [1.82, 2.24) is 0 Å².